The summed E-state index contributed by atoms with van der Waals surface area (Å²) < 4.78 is 25.9. The monoisotopic (exact) mass is 443 g/mol. The Morgan fingerprint density at radius 3 is 2.42 bits per heavy atom. The van der Waals surface area contributed by atoms with Crippen molar-refractivity contribution in [3.8, 4) is 23.0 Å². The molecule has 0 radical (unpaired) electrons. The van der Waals surface area contributed by atoms with Crippen LogP contribution in [-0.2, 0) is 6.54 Å². The molecule has 0 fully saturated rings. The second kappa shape index (κ2) is 8.23. The number of hydrogen-bond acceptors (Lipinski definition) is 5. The summed E-state index contributed by atoms with van der Waals surface area (Å²) in [5.74, 6) is 0.253. The van der Waals surface area contributed by atoms with E-state index in [9.17, 15) is 14.3 Å². The van der Waals surface area contributed by atoms with Crippen LogP contribution in [0.3, 0.4) is 0 Å². The molecule has 7 nitrogen and oxygen atoms in total. The third-order valence-electron chi connectivity index (χ3n) is 5.27. The standard InChI is InChI=1S/C25H18FN3O4/c1-15-23-20(25(30)31)13-21(22-3-2-12-32-22)27-24(23)28-29(15)14-16-4-8-18(9-5-16)33-19-10-6-17(26)7-11-19/h2-13H,14H2,1H3,(H,30,31). The van der Waals surface area contributed by atoms with Gasteiger partial charge >= 0.3 is 5.97 Å². The number of fused-ring (bicyclic) bond motifs is 1. The molecule has 0 unspecified atom stereocenters. The summed E-state index contributed by atoms with van der Waals surface area (Å²) in [6, 6.07) is 18.2. The van der Waals surface area contributed by atoms with Crippen molar-refractivity contribution in [3.63, 3.8) is 0 Å². The molecule has 1 N–H and O–H groups in total. The average Bonchev–Trinajstić information content (AvgIpc) is 3.45. The van der Waals surface area contributed by atoms with Crippen molar-refractivity contribution in [1.82, 2.24) is 14.8 Å². The molecule has 0 atom stereocenters. The first-order chi connectivity index (χ1) is 16.0. The van der Waals surface area contributed by atoms with Crippen LogP contribution in [0.15, 0.2) is 77.4 Å². The lowest BCUT2D eigenvalue weighted by molar-refractivity contribution is 0.0699. The highest BCUT2D eigenvalue weighted by atomic mass is 19.1. The second-order valence-corrected chi connectivity index (χ2v) is 7.48. The highest BCUT2D eigenvalue weighted by molar-refractivity contribution is 6.03. The number of hydrogen-bond donors (Lipinski definition) is 1. The number of carbonyl (C=O) groups is 1. The molecular formula is C25H18FN3O4. The number of furan rings is 1. The van der Waals surface area contributed by atoms with Gasteiger partial charge in [-0.2, -0.15) is 5.10 Å². The van der Waals surface area contributed by atoms with Crippen LogP contribution < -0.4 is 4.74 Å². The zero-order valence-corrected chi connectivity index (χ0v) is 17.5. The van der Waals surface area contributed by atoms with Gasteiger partial charge in [-0.05, 0) is 67.1 Å². The van der Waals surface area contributed by atoms with Gasteiger partial charge in [0.05, 0.1) is 23.8 Å². The number of rotatable bonds is 6. The molecule has 0 spiro atoms. The Hall–Kier alpha value is -4.46. The van der Waals surface area contributed by atoms with E-state index in [1.165, 1.54) is 24.5 Å². The van der Waals surface area contributed by atoms with Crippen molar-refractivity contribution in [2.75, 3.05) is 0 Å². The molecule has 8 heteroatoms. The maximum atomic E-state index is 13.1. The van der Waals surface area contributed by atoms with E-state index >= 15 is 0 Å². The maximum Gasteiger partial charge on any atom is 0.336 e. The van der Waals surface area contributed by atoms with E-state index < -0.39 is 5.97 Å². The Balaban J connectivity index is 1.44. The number of aryl methyl sites for hydroxylation is 1. The largest absolute Gasteiger partial charge is 0.478 e. The molecule has 0 amide bonds. The minimum absolute atomic E-state index is 0.123. The first-order valence-electron chi connectivity index (χ1n) is 10.2. The molecule has 0 bridgehead atoms. The summed E-state index contributed by atoms with van der Waals surface area (Å²) in [7, 11) is 0. The van der Waals surface area contributed by atoms with Gasteiger partial charge in [-0.15, -0.1) is 0 Å². The van der Waals surface area contributed by atoms with Crippen molar-refractivity contribution in [1.29, 1.82) is 0 Å². The highest BCUT2D eigenvalue weighted by Gasteiger charge is 2.20. The minimum Gasteiger partial charge on any atom is -0.478 e. The van der Waals surface area contributed by atoms with Crippen LogP contribution in [0.4, 0.5) is 4.39 Å². The van der Waals surface area contributed by atoms with Crippen LogP contribution in [0.1, 0.15) is 21.6 Å². The Morgan fingerprint density at radius 2 is 1.79 bits per heavy atom. The van der Waals surface area contributed by atoms with Gasteiger partial charge in [0.2, 0.25) is 0 Å². The summed E-state index contributed by atoms with van der Waals surface area (Å²) >= 11 is 0. The van der Waals surface area contributed by atoms with Gasteiger partial charge in [-0.3, -0.25) is 4.68 Å². The van der Waals surface area contributed by atoms with Crippen LogP contribution in [0.25, 0.3) is 22.5 Å². The van der Waals surface area contributed by atoms with Crippen LogP contribution in [0.5, 0.6) is 11.5 Å². The van der Waals surface area contributed by atoms with Crippen molar-refractivity contribution < 1.29 is 23.4 Å². The summed E-state index contributed by atoms with van der Waals surface area (Å²) in [5, 5.41) is 14.8. The van der Waals surface area contributed by atoms with Gasteiger partial charge in [-0.25, -0.2) is 14.2 Å². The normalized spacial score (nSPS) is 11.1. The van der Waals surface area contributed by atoms with E-state index in [-0.39, 0.29) is 11.4 Å². The highest BCUT2D eigenvalue weighted by Crippen LogP contribution is 2.28. The van der Waals surface area contributed by atoms with E-state index in [1.807, 2.05) is 31.2 Å². The molecule has 164 valence electrons. The molecule has 3 heterocycles. The van der Waals surface area contributed by atoms with Crippen molar-refractivity contribution >= 4 is 17.0 Å². The maximum absolute atomic E-state index is 13.1. The molecular weight excluding hydrogens is 425 g/mol. The molecule has 5 aromatic rings. The number of carboxylic acids is 1. The van der Waals surface area contributed by atoms with E-state index in [0.717, 1.165) is 5.56 Å². The third kappa shape index (κ3) is 4.06. The van der Waals surface area contributed by atoms with Gasteiger partial charge < -0.3 is 14.3 Å². The first kappa shape index (κ1) is 20.4. The van der Waals surface area contributed by atoms with E-state index in [1.54, 1.807) is 28.9 Å². The Kier molecular flexibility index (Phi) is 5.10. The predicted molar refractivity (Wildman–Crippen MR) is 119 cm³/mol. The van der Waals surface area contributed by atoms with E-state index in [4.69, 9.17) is 9.15 Å². The van der Waals surface area contributed by atoms with Gasteiger partial charge in [0.25, 0.3) is 0 Å². The summed E-state index contributed by atoms with van der Waals surface area (Å²) in [5.41, 5.74) is 2.53. The van der Waals surface area contributed by atoms with Crippen LogP contribution in [-0.4, -0.2) is 25.8 Å². The molecule has 33 heavy (non-hydrogen) atoms. The number of pyridine rings is 1. The van der Waals surface area contributed by atoms with Gasteiger partial charge in [-0.1, -0.05) is 12.1 Å². The van der Waals surface area contributed by atoms with Crippen LogP contribution in [0.2, 0.25) is 0 Å². The quantitative estimate of drug-likeness (QED) is 0.363. The number of carboxylic acid groups (broad SMARTS) is 1. The summed E-state index contributed by atoms with van der Waals surface area (Å²) in [4.78, 5) is 16.4. The number of aromatic nitrogens is 3. The fourth-order valence-electron chi connectivity index (χ4n) is 3.63. The zero-order chi connectivity index (χ0) is 22.9. The smallest absolute Gasteiger partial charge is 0.336 e. The Bertz CT molecular complexity index is 1440. The second-order valence-electron chi connectivity index (χ2n) is 7.48. The minimum atomic E-state index is -1.06. The number of nitrogens with zero attached hydrogens (tertiary/aromatic N) is 3. The number of benzene rings is 2. The first-order valence-corrected chi connectivity index (χ1v) is 10.2. The van der Waals surface area contributed by atoms with Crippen molar-refractivity contribution in [3.05, 3.63) is 95.6 Å². The zero-order valence-electron chi connectivity index (χ0n) is 17.5. The SMILES string of the molecule is Cc1c2c(C(=O)O)cc(-c3ccco3)nc2nn1Cc1ccc(Oc2ccc(F)cc2)cc1. The number of aromatic carboxylic acids is 1. The molecule has 3 aromatic heterocycles. The Labute approximate surface area is 187 Å². The fourth-order valence-corrected chi connectivity index (χ4v) is 3.63. The third-order valence-corrected chi connectivity index (χ3v) is 5.27. The molecule has 5 rings (SSSR count). The lowest BCUT2D eigenvalue weighted by Crippen LogP contribution is -2.04. The van der Waals surface area contributed by atoms with Crippen LogP contribution >= 0.6 is 0 Å². The predicted octanol–water partition coefficient (Wildman–Crippen LogP) is 5.68. The number of halogens is 1. The molecule has 0 saturated carbocycles. The lowest BCUT2D eigenvalue weighted by atomic mass is 10.1. The number of ether oxygens (including phenoxy) is 1. The van der Waals surface area contributed by atoms with Gasteiger partial charge in [0.15, 0.2) is 11.4 Å². The van der Waals surface area contributed by atoms with Crippen LogP contribution in [0, 0.1) is 12.7 Å². The van der Waals surface area contributed by atoms with Gasteiger partial charge in [0, 0.05) is 5.69 Å². The Morgan fingerprint density at radius 1 is 1.09 bits per heavy atom. The van der Waals surface area contributed by atoms with E-state index in [0.29, 0.717) is 46.2 Å². The molecule has 0 aliphatic heterocycles. The van der Waals surface area contributed by atoms with E-state index in [2.05, 4.69) is 10.1 Å². The van der Waals surface area contributed by atoms with Crippen molar-refractivity contribution in [2.24, 2.45) is 0 Å². The van der Waals surface area contributed by atoms with Crippen molar-refractivity contribution in [2.45, 2.75) is 13.5 Å². The lowest BCUT2D eigenvalue weighted by Gasteiger charge is -2.08. The molecule has 2 aromatic carbocycles. The topological polar surface area (TPSA) is 90.4 Å². The summed E-state index contributed by atoms with van der Waals surface area (Å²) in [6.07, 6.45) is 1.51. The summed E-state index contributed by atoms with van der Waals surface area (Å²) in [6.45, 7) is 2.25. The fraction of sp³-hybridized carbons (Fsp3) is 0.0800. The average molecular weight is 443 g/mol. The molecule has 0 saturated heterocycles. The molecule has 0 aliphatic carbocycles. The van der Waals surface area contributed by atoms with Gasteiger partial charge in [0.1, 0.15) is 23.0 Å². The molecule has 0 aliphatic rings.